The maximum absolute atomic E-state index is 13.5. The summed E-state index contributed by atoms with van der Waals surface area (Å²) in [7, 11) is 0. The summed E-state index contributed by atoms with van der Waals surface area (Å²) in [6.45, 7) is 0. The quantitative estimate of drug-likeness (QED) is 0.329. The van der Waals surface area contributed by atoms with Gasteiger partial charge in [0.2, 0.25) is 5.91 Å². The van der Waals surface area contributed by atoms with Crippen molar-refractivity contribution in [2.45, 2.75) is 11.7 Å². The number of benzene rings is 3. The molecule has 0 unspecified atom stereocenters. The van der Waals surface area contributed by atoms with Gasteiger partial charge in [-0.1, -0.05) is 39.8 Å². The first-order valence-corrected chi connectivity index (χ1v) is 11.7. The molecule has 1 N–H and O–H groups in total. The fourth-order valence-electron chi connectivity index (χ4n) is 3.37. The lowest BCUT2D eigenvalue weighted by Crippen LogP contribution is -2.30. The minimum atomic E-state index is -0.672. The number of rotatable bonds is 5. The Hall–Kier alpha value is -3.48. The summed E-state index contributed by atoms with van der Waals surface area (Å²) in [5.41, 5.74) is 1.30. The molecule has 2 amide bonds. The molecule has 0 aromatic heterocycles. The van der Waals surface area contributed by atoms with Gasteiger partial charge >= 0.3 is 0 Å². The summed E-state index contributed by atoms with van der Waals surface area (Å²) in [5, 5.41) is 12.0. The number of hydrogen-bond acceptors (Lipinski definition) is 4. The number of hydrogen-bond donors (Lipinski definition) is 1. The Kier molecular flexibility index (Phi) is 7.10. The standard InChI is InChI=1S/C25H16BrF2N3O2S/c26-16-3-9-19(10-4-16)30-23(32)21(14-29)25-31(20-11-7-18(28)8-12-20)24(33)22(34-25)13-15-1-5-17(27)6-2-15/h1-12,22H,13H2,(H,30,32)/b25-21-/t22-/m1/s1. The van der Waals surface area contributed by atoms with Crippen LogP contribution in [0.5, 0.6) is 0 Å². The molecule has 170 valence electrons. The van der Waals surface area contributed by atoms with Crippen LogP contribution in [0.1, 0.15) is 5.56 Å². The Labute approximate surface area is 207 Å². The molecule has 4 rings (SSSR count). The SMILES string of the molecule is N#C/C(C(=O)Nc1ccc(Br)cc1)=C1/S[C@H](Cc2ccc(F)cc2)C(=O)N1c1ccc(F)cc1. The van der Waals surface area contributed by atoms with Crippen LogP contribution >= 0.6 is 27.7 Å². The number of anilines is 2. The Balaban J connectivity index is 1.71. The van der Waals surface area contributed by atoms with Gasteiger partial charge in [-0.25, -0.2) is 8.78 Å². The lowest BCUT2D eigenvalue weighted by molar-refractivity contribution is -0.117. The summed E-state index contributed by atoms with van der Waals surface area (Å²) in [6, 6.07) is 19.7. The summed E-state index contributed by atoms with van der Waals surface area (Å²) in [4.78, 5) is 27.6. The van der Waals surface area contributed by atoms with E-state index < -0.39 is 17.0 Å². The molecule has 0 aliphatic carbocycles. The van der Waals surface area contributed by atoms with Gasteiger partial charge in [-0.2, -0.15) is 5.26 Å². The third kappa shape index (κ3) is 5.19. The van der Waals surface area contributed by atoms with Crippen molar-refractivity contribution in [3.8, 4) is 6.07 Å². The number of nitriles is 1. The number of halogens is 3. The van der Waals surface area contributed by atoms with Crippen molar-refractivity contribution in [3.63, 3.8) is 0 Å². The predicted octanol–water partition coefficient (Wildman–Crippen LogP) is 5.79. The van der Waals surface area contributed by atoms with Gasteiger partial charge in [-0.3, -0.25) is 14.5 Å². The molecule has 1 aliphatic heterocycles. The number of carbonyl (C=O) groups is 2. The van der Waals surface area contributed by atoms with Crippen molar-refractivity contribution in [2.75, 3.05) is 10.2 Å². The van der Waals surface area contributed by atoms with Crippen LogP contribution in [0.4, 0.5) is 20.2 Å². The van der Waals surface area contributed by atoms with Crippen molar-refractivity contribution >= 4 is 50.9 Å². The first kappa shape index (κ1) is 23.7. The van der Waals surface area contributed by atoms with Crippen molar-refractivity contribution < 1.29 is 18.4 Å². The highest BCUT2D eigenvalue weighted by molar-refractivity contribution is 9.10. The molecule has 1 atom stereocenters. The highest BCUT2D eigenvalue weighted by atomic mass is 79.9. The zero-order valence-electron chi connectivity index (χ0n) is 17.5. The van der Waals surface area contributed by atoms with E-state index in [1.165, 1.54) is 41.3 Å². The molecule has 1 aliphatic rings. The Morgan fingerprint density at radius 3 is 2.18 bits per heavy atom. The normalized spacial score (nSPS) is 16.8. The van der Waals surface area contributed by atoms with Gasteiger partial charge in [-0.15, -0.1) is 0 Å². The second-order valence-electron chi connectivity index (χ2n) is 7.34. The molecule has 3 aromatic carbocycles. The summed E-state index contributed by atoms with van der Waals surface area (Å²) in [6.07, 6.45) is 0.262. The fourth-order valence-corrected chi connectivity index (χ4v) is 4.95. The van der Waals surface area contributed by atoms with E-state index in [1.54, 1.807) is 36.4 Å². The van der Waals surface area contributed by atoms with Crippen LogP contribution in [-0.4, -0.2) is 17.1 Å². The molecule has 0 bridgehead atoms. The van der Waals surface area contributed by atoms with Crippen LogP contribution in [0.3, 0.4) is 0 Å². The lowest BCUT2D eigenvalue weighted by atomic mass is 10.1. The Bertz CT molecular complexity index is 1300. The van der Waals surface area contributed by atoms with Crippen molar-refractivity contribution in [1.82, 2.24) is 0 Å². The maximum Gasteiger partial charge on any atom is 0.269 e. The van der Waals surface area contributed by atoms with Crippen LogP contribution in [0.15, 0.2) is 87.9 Å². The monoisotopic (exact) mass is 539 g/mol. The molecule has 5 nitrogen and oxygen atoms in total. The van der Waals surface area contributed by atoms with Gasteiger partial charge in [-0.05, 0) is 72.6 Å². The molecule has 1 heterocycles. The van der Waals surface area contributed by atoms with Gasteiger partial charge in [0.05, 0.1) is 5.25 Å². The molecule has 3 aromatic rings. The summed E-state index contributed by atoms with van der Waals surface area (Å²) >= 11 is 4.40. The molecule has 34 heavy (non-hydrogen) atoms. The van der Waals surface area contributed by atoms with Crippen LogP contribution in [0, 0.1) is 23.0 Å². The zero-order chi connectivity index (χ0) is 24.2. The third-order valence-electron chi connectivity index (χ3n) is 5.03. The van der Waals surface area contributed by atoms with E-state index >= 15 is 0 Å². The van der Waals surface area contributed by atoms with Gasteiger partial charge < -0.3 is 5.32 Å². The van der Waals surface area contributed by atoms with E-state index in [9.17, 15) is 23.6 Å². The average molecular weight is 540 g/mol. The van der Waals surface area contributed by atoms with Gasteiger partial charge in [0.25, 0.3) is 5.91 Å². The second-order valence-corrected chi connectivity index (χ2v) is 9.45. The third-order valence-corrected chi connectivity index (χ3v) is 6.82. The maximum atomic E-state index is 13.5. The molecule has 1 fully saturated rings. The average Bonchev–Trinajstić information content (AvgIpc) is 3.13. The molecule has 0 spiro atoms. The number of thioether (sulfide) groups is 1. The molecule has 1 saturated heterocycles. The molecule has 0 saturated carbocycles. The predicted molar refractivity (Wildman–Crippen MR) is 131 cm³/mol. The van der Waals surface area contributed by atoms with Crippen LogP contribution < -0.4 is 10.2 Å². The van der Waals surface area contributed by atoms with Gasteiger partial charge in [0.1, 0.15) is 28.3 Å². The van der Waals surface area contributed by atoms with E-state index in [-0.39, 0.29) is 28.7 Å². The lowest BCUT2D eigenvalue weighted by Gasteiger charge is -2.18. The van der Waals surface area contributed by atoms with Crippen molar-refractivity contribution in [2.24, 2.45) is 0 Å². The van der Waals surface area contributed by atoms with Crippen LogP contribution in [-0.2, 0) is 16.0 Å². The smallest absolute Gasteiger partial charge is 0.269 e. The van der Waals surface area contributed by atoms with E-state index in [2.05, 4.69) is 21.2 Å². The number of nitrogens with zero attached hydrogens (tertiary/aromatic N) is 2. The minimum absolute atomic E-state index is 0.154. The van der Waals surface area contributed by atoms with Crippen molar-refractivity contribution in [1.29, 1.82) is 5.26 Å². The summed E-state index contributed by atoms with van der Waals surface area (Å²) in [5.74, 6) is -1.90. The van der Waals surface area contributed by atoms with Crippen LogP contribution in [0.2, 0.25) is 0 Å². The minimum Gasteiger partial charge on any atom is -0.321 e. The van der Waals surface area contributed by atoms with E-state index in [4.69, 9.17) is 0 Å². The Morgan fingerprint density at radius 1 is 1.00 bits per heavy atom. The highest BCUT2D eigenvalue weighted by Gasteiger charge is 2.40. The number of nitrogens with one attached hydrogen (secondary N) is 1. The number of amides is 2. The van der Waals surface area contributed by atoms with Crippen molar-refractivity contribution in [3.05, 3.63) is 105 Å². The van der Waals surface area contributed by atoms with E-state index in [1.807, 2.05) is 6.07 Å². The van der Waals surface area contributed by atoms with Gasteiger partial charge in [0, 0.05) is 15.8 Å². The fraction of sp³-hybridized carbons (Fsp3) is 0.0800. The zero-order valence-corrected chi connectivity index (χ0v) is 19.9. The first-order chi connectivity index (χ1) is 16.4. The van der Waals surface area contributed by atoms with Gasteiger partial charge in [0.15, 0.2) is 0 Å². The molecular formula is C25H16BrF2N3O2S. The Morgan fingerprint density at radius 2 is 1.59 bits per heavy atom. The van der Waals surface area contributed by atoms with E-state index in [0.29, 0.717) is 11.4 Å². The number of carbonyl (C=O) groups excluding carboxylic acids is 2. The van der Waals surface area contributed by atoms with E-state index in [0.717, 1.165) is 21.8 Å². The molecule has 9 heteroatoms. The first-order valence-electron chi connectivity index (χ1n) is 10.1. The second kappa shape index (κ2) is 10.2. The topological polar surface area (TPSA) is 73.2 Å². The molecular weight excluding hydrogens is 524 g/mol. The van der Waals surface area contributed by atoms with Crippen LogP contribution in [0.25, 0.3) is 0 Å². The highest BCUT2D eigenvalue weighted by Crippen LogP contribution is 2.42. The summed E-state index contributed by atoms with van der Waals surface area (Å²) < 4.78 is 27.6. The largest absolute Gasteiger partial charge is 0.321 e. The molecule has 0 radical (unpaired) electrons.